The van der Waals surface area contributed by atoms with Crippen LogP contribution in [-0.4, -0.2) is 54.3 Å². The molecule has 0 aromatic heterocycles. The van der Waals surface area contributed by atoms with Gasteiger partial charge in [-0.05, 0) is 19.3 Å². The average Bonchev–Trinajstić information content (AvgIpc) is 2.28. The van der Waals surface area contributed by atoms with Crippen molar-refractivity contribution in [2.75, 3.05) is 26.7 Å². The number of amides is 2. The van der Waals surface area contributed by atoms with Crippen LogP contribution < -0.4 is 5.73 Å². The Balaban J connectivity index is 2.60. The average molecular weight is 227 g/mol. The summed E-state index contributed by atoms with van der Waals surface area (Å²) in [4.78, 5) is 26.3. The van der Waals surface area contributed by atoms with Crippen LogP contribution in [0.1, 0.15) is 26.2 Å². The third kappa shape index (κ3) is 3.20. The quantitative estimate of drug-likeness (QED) is 0.726. The lowest BCUT2D eigenvalue weighted by molar-refractivity contribution is -0.136. The monoisotopic (exact) mass is 227 g/mol. The van der Waals surface area contributed by atoms with Crippen LogP contribution in [0.15, 0.2) is 0 Å². The van der Waals surface area contributed by atoms with Gasteiger partial charge in [0.05, 0.1) is 6.54 Å². The Kier molecular flexibility index (Phi) is 4.73. The van der Waals surface area contributed by atoms with Crippen molar-refractivity contribution in [2.24, 2.45) is 5.73 Å². The summed E-state index contributed by atoms with van der Waals surface area (Å²) < 4.78 is 0. The van der Waals surface area contributed by atoms with Gasteiger partial charge in [0.1, 0.15) is 0 Å². The highest BCUT2D eigenvalue weighted by molar-refractivity contribution is 5.78. The lowest BCUT2D eigenvalue weighted by atomic mass is 10.0. The van der Waals surface area contributed by atoms with Gasteiger partial charge in [-0.1, -0.05) is 0 Å². The second-order valence-corrected chi connectivity index (χ2v) is 4.34. The molecule has 0 bridgehead atoms. The number of rotatable bonds is 3. The minimum absolute atomic E-state index is 0.0124. The van der Waals surface area contributed by atoms with Gasteiger partial charge < -0.3 is 15.5 Å². The van der Waals surface area contributed by atoms with Crippen molar-refractivity contribution in [2.45, 2.75) is 32.2 Å². The van der Waals surface area contributed by atoms with Crippen LogP contribution in [-0.2, 0) is 9.59 Å². The van der Waals surface area contributed by atoms with Gasteiger partial charge in [0.25, 0.3) is 0 Å². The molecule has 0 spiro atoms. The van der Waals surface area contributed by atoms with Gasteiger partial charge >= 0.3 is 0 Å². The highest BCUT2D eigenvalue weighted by Gasteiger charge is 2.27. The molecule has 5 heteroatoms. The van der Waals surface area contributed by atoms with Crippen molar-refractivity contribution in [3.05, 3.63) is 0 Å². The maximum absolute atomic E-state index is 11.6. The van der Waals surface area contributed by atoms with Crippen molar-refractivity contribution in [1.29, 1.82) is 0 Å². The Morgan fingerprint density at radius 3 is 2.69 bits per heavy atom. The summed E-state index contributed by atoms with van der Waals surface area (Å²) >= 11 is 0. The predicted molar refractivity (Wildman–Crippen MR) is 61.7 cm³/mol. The first kappa shape index (κ1) is 13.0. The van der Waals surface area contributed by atoms with E-state index in [-0.39, 0.29) is 24.4 Å². The van der Waals surface area contributed by atoms with E-state index in [2.05, 4.69) is 0 Å². The molecule has 1 heterocycles. The molecule has 1 rings (SSSR count). The first-order valence-corrected chi connectivity index (χ1v) is 5.77. The number of carbonyl (C=O) groups is 2. The molecule has 1 fully saturated rings. The summed E-state index contributed by atoms with van der Waals surface area (Å²) in [7, 11) is 1.77. The second kappa shape index (κ2) is 5.84. The molecule has 16 heavy (non-hydrogen) atoms. The third-order valence-corrected chi connectivity index (χ3v) is 3.14. The SMILES string of the molecule is CC(=O)N(C)C[C@@H]1CCCCN1C(=O)CN. The molecular weight excluding hydrogens is 206 g/mol. The topological polar surface area (TPSA) is 66.6 Å². The summed E-state index contributed by atoms with van der Waals surface area (Å²) in [6.45, 7) is 2.98. The first-order chi connectivity index (χ1) is 7.56. The van der Waals surface area contributed by atoms with Crippen LogP contribution in [0.4, 0.5) is 0 Å². The summed E-state index contributed by atoms with van der Waals surface area (Å²) in [5, 5.41) is 0. The van der Waals surface area contributed by atoms with E-state index in [1.165, 1.54) is 6.92 Å². The van der Waals surface area contributed by atoms with Crippen LogP contribution in [0.5, 0.6) is 0 Å². The number of nitrogens with zero attached hydrogens (tertiary/aromatic N) is 2. The fourth-order valence-electron chi connectivity index (χ4n) is 2.08. The molecule has 0 aliphatic carbocycles. The standard InChI is InChI=1S/C11H21N3O2/c1-9(15)13(2)8-10-5-3-4-6-14(10)11(16)7-12/h10H,3-8,12H2,1-2H3/t10-/m0/s1. The lowest BCUT2D eigenvalue weighted by Gasteiger charge is -2.37. The fourth-order valence-corrected chi connectivity index (χ4v) is 2.08. The second-order valence-electron chi connectivity index (χ2n) is 4.34. The third-order valence-electron chi connectivity index (χ3n) is 3.14. The molecule has 5 nitrogen and oxygen atoms in total. The summed E-state index contributed by atoms with van der Waals surface area (Å²) in [5.41, 5.74) is 5.38. The minimum Gasteiger partial charge on any atom is -0.344 e. The number of likely N-dealkylation sites (tertiary alicyclic amines) is 1. The summed E-state index contributed by atoms with van der Waals surface area (Å²) in [6, 6.07) is 0.138. The zero-order chi connectivity index (χ0) is 12.1. The van der Waals surface area contributed by atoms with Gasteiger partial charge in [-0.3, -0.25) is 9.59 Å². The van der Waals surface area contributed by atoms with E-state index in [0.29, 0.717) is 6.54 Å². The molecular formula is C11H21N3O2. The number of carbonyl (C=O) groups excluding carboxylic acids is 2. The number of hydrogen-bond acceptors (Lipinski definition) is 3. The number of hydrogen-bond donors (Lipinski definition) is 1. The molecule has 2 amide bonds. The largest absolute Gasteiger partial charge is 0.344 e. The zero-order valence-electron chi connectivity index (χ0n) is 10.1. The number of piperidine rings is 1. The molecule has 1 saturated heterocycles. The molecule has 0 radical (unpaired) electrons. The Labute approximate surface area is 96.6 Å². The van der Waals surface area contributed by atoms with Gasteiger partial charge in [0, 0.05) is 33.1 Å². The molecule has 0 unspecified atom stereocenters. The Morgan fingerprint density at radius 1 is 1.44 bits per heavy atom. The van der Waals surface area contributed by atoms with E-state index < -0.39 is 0 Å². The Hall–Kier alpha value is -1.10. The Bertz CT molecular complexity index is 268. The maximum Gasteiger partial charge on any atom is 0.236 e. The molecule has 0 aromatic rings. The van der Waals surface area contributed by atoms with Gasteiger partial charge in [-0.25, -0.2) is 0 Å². The van der Waals surface area contributed by atoms with Crippen molar-refractivity contribution >= 4 is 11.8 Å². The lowest BCUT2D eigenvalue weighted by Crippen LogP contribution is -2.51. The van der Waals surface area contributed by atoms with E-state index in [1.54, 1.807) is 11.9 Å². The number of nitrogens with two attached hydrogens (primary N) is 1. The number of likely N-dealkylation sites (N-methyl/N-ethyl adjacent to an activating group) is 1. The van der Waals surface area contributed by atoms with Gasteiger partial charge in [-0.2, -0.15) is 0 Å². The van der Waals surface area contributed by atoms with Crippen molar-refractivity contribution in [1.82, 2.24) is 9.80 Å². The normalized spacial score (nSPS) is 20.7. The van der Waals surface area contributed by atoms with E-state index in [9.17, 15) is 9.59 Å². The summed E-state index contributed by atoms with van der Waals surface area (Å²) in [6.07, 6.45) is 3.11. The van der Waals surface area contributed by atoms with Crippen LogP contribution in [0.3, 0.4) is 0 Å². The van der Waals surface area contributed by atoms with E-state index in [1.807, 2.05) is 4.90 Å². The van der Waals surface area contributed by atoms with Gasteiger partial charge in [0.2, 0.25) is 11.8 Å². The van der Waals surface area contributed by atoms with Crippen LogP contribution in [0, 0.1) is 0 Å². The van der Waals surface area contributed by atoms with Crippen molar-refractivity contribution in [3.63, 3.8) is 0 Å². The summed E-state index contributed by atoms with van der Waals surface area (Å²) in [5.74, 6) is 0.0207. The highest BCUT2D eigenvalue weighted by atomic mass is 16.2. The van der Waals surface area contributed by atoms with Crippen molar-refractivity contribution < 1.29 is 9.59 Å². The fraction of sp³-hybridized carbons (Fsp3) is 0.818. The molecule has 1 atom stereocenters. The minimum atomic E-state index is -0.0124. The maximum atomic E-state index is 11.6. The predicted octanol–water partition coefficient (Wildman–Crippen LogP) is -0.195. The zero-order valence-corrected chi connectivity index (χ0v) is 10.1. The first-order valence-electron chi connectivity index (χ1n) is 5.77. The van der Waals surface area contributed by atoms with E-state index in [4.69, 9.17) is 5.73 Å². The molecule has 2 N–H and O–H groups in total. The Morgan fingerprint density at radius 2 is 2.12 bits per heavy atom. The van der Waals surface area contributed by atoms with E-state index >= 15 is 0 Å². The van der Waals surface area contributed by atoms with E-state index in [0.717, 1.165) is 25.8 Å². The molecule has 1 aliphatic heterocycles. The van der Waals surface area contributed by atoms with Gasteiger partial charge in [0.15, 0.2) is 0 Å². The highest BCUT2D eigenvalue weighted by Crippen LogP contribution is 2.17. The van der Waals surface area contributed by atoms with Crippen LogP contribution in [0.2, 0.25) is 0 Å². The smallest absolute Gasteiger partial charge is 0.236 e. The van der Waals surface area contributed by atoms with Gasteiger partial charge in [-0.15, -0.1) is 0 Å². The molecule has 0 saturated carbocycles. The molecule has 0 aromatic carbocycles. The molecule has 1 aliphatic rings. The molecule has 92 valence electrons. The van der Waals surface area contributed by atoms with Crippen molar-refractivity contribution in [3.8, 4) is 0 Å². The van der Waals surface area contributed by atoms with Crippen LogP contribution >= 0.6 is 0 Å². The van der Waals surface area contributed by atoms with Crippen LogP contribution in [0.25, 0.3) is 0 Å².